The summed E-state index contributed by atoms with van der Waals surface area (Å²) in [7, 11) is 0. The van der Waals surface area contributed by atoms with Gasteiger partial charge in [-0.25, -0.2) is 0 Å². The van der Waals surface area contributed by atoms with E-state index in [-0.39, 0.29) is 17.9 Å². The van der Waals surface area contributed by atoms with Gasteiger partial charge in [-0.3, -0.25) is 9.59 Å². The largest absolute Gasteiger partial charge is 0.377 e. The molecule has 3 heterocycles. The van der Waals surface area contributed by atoms with Crippen molar-refractivity contribution < 1.29 is 19.1 Å². The lowest BCUT2D eigenvalue weighted by Gasteiger charge is -2.15. The van der Waals surface area contributed by atoms with Gasteiger partial charge in [-0.15, -0.1) is 0 Å². The van der Waals surface area contributed by atoms with E-state index in [2.05, 4.69) is 15.6 Å². The van der Waals surface area contributed by atoms with Crippen molar-refractivity contribution in [2.24, 2.45) is 0 Å². The fraction of sp³-hybridized carbons (Fsp3) is 0.333. The average molecular weight is 381 g/mol. The average Bonchev–Trinajstić information content (AvgIpc) is 3.19. The predicted octanol–water partition coefficient (Wildman–Crippen LogP) is 2.65. The fourth-order valence-corrected chi connectivity index (χ4v) is 3.47. The first-order valence-electron chi connectivity index (χ1n) is 9.37. The summed E-state index contributed by atoms with van der Waals surface area (Å²) in [4.78, 5) is 28.3. The van der Waals surface area contributed by atoms with Crippen molar-refractivity contribution in [3.8, 4) is 0 Å². The molecule has 3 N–H and O–H groups in total. The number of carbonyl (C=O) groups excluding carboxylic acids is 2. The van der Waals surface area contributed by atoms with Gasteiger partial charge in [0.1, 0.15) is 0 Å². The number of aryl methyl sites for hydroxylation is 1. The summed E-state index contributed by atoms with van der Waals surface area (Å²) < 4.78 is 11.4. The number of carbonyl (C=O) groups is 2. The smallest absolute Gasteiger partial charge is 0.256 e. The molecule has 28 heavy (non-hydrogen) atoms. The van der Waals surface area contributed by atoms with Gasteiger partial charge >= 0.3 is 0 Å². The lowest BCUT2D eigenvalue weighted by Crippen LogP contribution is -2.28. The van der Waals surface area contributed by atoms with Gasteiger partial charge in [0.2, 0.25) is 0 Å². The van der Waals surface area contributed by atoms with Crippen LogP contribution in [0.15, 0.2) is 24.3 Å². The number of anilines is 1. The van der Waals surface area contributed by atoms with Crippen LogP contribution in [0.2, 0.25) is 0 Å². The highest BCUT2D eigenvalue weighted by Gasteiger charge is 2.26. The van der Waals surface area contributed by atoms with Crippen molar-refractivity contribution in [1.82, 2.24) is 10.3 Å². The Morgan fingerprint density at radius 2 is 1.89 bits per heavy atom. The van der Waals surface area contributed by atoms with E-state index in [1.807, 2.05) is 32.0 Å². The van der Waals surface area contributed by atoms with Crippen LogP contribution < -0.4 is 10.6 Å². The highest BCUT2D eigenvalue weighted by molar-refractivity contribution is 6.35. The number of fused-ring (bicyclic) bond motifs is 2. The minimum absolute atomic E-state index is 0.123. The Morgan fingerprint density at radius 3 is 2.75 bits per heavy atom. The summed E-state index contributed by atoms with van der Waals surface area (Å²) in [5, 5.41) is 5.74. The zero-order valence-electron chi connectivity index (χ0n) is 15.9. The first-order valence-corrected chi connectivity index (χ1v) is 9.37. The number of nitrogens with one attached hydrogen (secondary N) is 3. The van der Waals surface area contributed by atoms with Crippen LogP contribution in [0.5, 0.6) is 0 Å². The summed E-state index contributed by atoms with van der Waals surface area (Å²) in [6, 6.07) is 7.59. The van der Waals surface area contributed by atoms with Gasteiger partial charge < -0.3 is 25.1 Å². The van der Waals surface area contributed by atoms with Crippen molar-refractivity contribution in [1.29, 1.82) is 0 Å². The van der Waals surface area contributed by atoms with Crippen molar-refractivity contribution in [2.45, 2.75) is 20.0 Å². The van der Waals surface area contributed by atoms with Gasteiger partial charge in [0.15, 0.2) is 0 Å². The highest BCUT2D eigenvalue weighted by Crippen LogP contribution is 2.36. The number of hydrogen-bond acceptors (Lipinski definition) is 4. The minimum Gasteiger partial charge on any atom is -0.377 e. The molecule has 1 atom stereocenters. The van der Waals surface area contributed by atoms with E-state index < -0.39 is 0 Å². The summed E-state index contributed by atoms with van der Waals surface area (Å²) in [5.41, 5.74) is 5.03. The van der Waals surface area contributed by atoms with Crippen molar-refractivity contribution in [2.75, 3.05) is 31.7 Å². The number of rotatable bonds is 0. The topological polar surface area (TPSA) is 92.5 Å². The first kappa shape index (κ1) is 18.5. The zero-order valence-corrected chi connectivity index (χ0v) is 15.9. The molecule has 2 amide bonds. The summed E-state index contributed by atoms with van der Waals surface area (Å²) >= 11 is 0. The van der Waals surface area contributed by atoms with Gasteiger partial charge in [-0.1, -0.05) is 6.07 Å². The highest BCUT2D eigenvalue weighted by atomic mass is 16.5. The third kappa shape index (κ3) is 3.58. The van der Waals surface area contributed by atoms with E-state index in [4.69, 9.17) is 9.47 Å². The maximum Gasteiger partial charge on any atom is 0.256 e. The molecule has 2 aromatic rings. The molecule has 4 rings (SSSR count). The minimum atomic E-state index is -0.204. The van der Waals surface area contributed by atoms with E-state index in [0.29, 0.717) is 43.2 Å². The molecule has 2 bridgehead atoms. The number of aromatic amines is 1. The molecule has 0 radical (unpaired) electrons. The van der Waals surface area contributed by atoms with Crippen molar-refractivity contribution >= 4 is 29.2 Å². The Bertz CT molecular complexity index is 961. The molecule has 0 aliphatic carbocycles. The molecule has 0 saturated heterocycles. The van der Waals surface area contributed by atoms with Gasteiger partial charge in [-0.2, -0.15) is 0 Å². The quantitative estimate of drug-likeness (QED) is 0.654. The van der Waals surface area contributed by atoms with E-state index in [0.717, 1.165) is 22.5 Å². The van der Waals surface area contributed by atoms with Crippen LogP contribution in [-0.4, -0.2) is 43.2 Å². The standard InChI is InChI=1S/C21H23N3O4/c1-12-9-17-19(23-12)11-16-15-10-14(3-4-18(15)24-21(16)26)13(2)28-8-7-27-6-5-22-20(17)25/h3-4,9-11,13,23H,5-8H2,1-2H3,(H,22,25)(H,24,26)/b16-11-. The van der Waals surface area contributed by atoms with Gasteiger partial charge in [0, 0.05) is 23.5 Å². The first-order chi connectivity index (χ1) is 13.5. The van der Waals surface area contributed by atoms with E-state index in [9.17, 15) is 9.59 Å². The Balaban J connectivity index is 1.80. The normalized spacial score (nSPS) is 22.1. The molecular formula is C21H23N3O4. The molecule has 2 aliphatic rings. The van der Waals surface area contributed by atoms with Gasteiger partial charge in [-0.05, 0) is 43.7 Å². The summed E-state index contributed by atoms with van der Waals surface area (Å²) in [6.45, 7) is 5.57. The monoisotopic (exact) mass is 381 g/mol. The molecule has 1 unspecified atom stereocenters. The molecule has 1 aromatic heterocycles. The van der Waals surface area contributed by atoms with E-state index >= 15 is 0 Å². The van der Waals surface area contributed by atoms with Crippen molar-refractivity contribution in [3.05, 3.63) is 52.3 Å². The predicted molar refractivity (Wildman–Crippen MR) is 106 cm³/mol. The number of ether oxygens (including phenoxy) is 2. The lowest BCUT2D eigenvalue weighted by molar-refractivity contribution is -0.110. The molecule has 0 fully saturated rings. The second-order valence-electron chi connectivity index (χ2n) is 6.98. The number of hydrogen-bond donors (Lipinski definition) is 3. The number of amides is 2. The van der Waals surface area contributed by atoms with Crippen LogP contribution in [0.4, 0.5) is 5.69 Å². The zero-order chi connectivity index (χ0) is 19.7. The number of aromatic nitrogens is 1. The Morgan fingerprint density at radius 1 is 1.04 bits per heavy atom. The molecule has 7 nitrogen and oxygen atoms in total. The van der Waals surface area contributed by atoms with E-state index in [1.54, 1.807) is 12.1 Å². The maximum absolute atomic E-state index is 12.6. The molecule has 0 spiro atoms. The molecule has 0 saturated carbocycles. The molecule has 1 aromatic carbocycles. The van der Waals surface area contributed by atoms with Gasteiger partial charge in [0.05, 0.1) is 42.8 Å². The van der Waals surface area contributed by atoms with Crippen LogP contribution in [-0.2, 0) is 14.3 Å². The lowest BCUT2D eigenvalue weighted by atomic mass is 10.0. The molecule has 2 aliphatic heterocycles. The Labute approximate surface area is 163 Å². The second-order valence-corrected chi connectivity index (χ2v) is 6.98. The van der Waals surface area contributed by atoms with Gasteiger partial charge in [0.25, 0.3) is 11.8 Å². The Kier molecular flexibility index (Phi) is 5.02. The number of H-pyrrole nitrogens is 1. The maximum atomic E-state index is 12.6. The summed E-state index contributed by atoms with van der Waals surface area (Å²) in [5.74, 6) is -0.391. The third-order valence-electron chi connectivity index (χ3n) is 4.94. The van der Waals surface area contributed by atoms with Crippen molar-refractivity contribution in [3.63, 3.8) is 0 Å². The summed E-state index contributed by atoms with van der Waals surface area (Å²) in [6.07, 6.45) is 1.61. The van der Waals surface area contributed by atoms with E-state index in [1.165, 1.54) is 0 Å². The molecular weight excluding hydrogens is 358 g/mol. The van der Waals surface area contributed by atoms with Crippen LogP contribution in [0.25, 0.3) is 11.6 Å². The van der Waals surface area contributed by atoms with Crippen LogP contribution in [0.3, 0.4) is 0 Å². The number of benzene rings is 1. The fourth-order valence-electron chi connectivity index (χ4n) is 3.47. The SMILES string of the molecule is Cc1cc2c([nH]1)/C=C1\C(=O)Nc3ccc(cc31)C(C)OCCOCCNC2=O. The Hall–Kier alpha value is -2.90. The molecule has 7 heteroatoms. The van der Waals surface area contributed by atoms with Crippen LogP contribution >= 0.6 is 0 Å². The van der Waals surface area contributed by atoms with Crippen LogP contribution in [0, 0.1) is 6.92 Å². The third-order valence-corrected chi connectivity index (χ3v) is 4.94. The van der Waals surface area contributed by atoms with Crippen LogP contribution in [0.1, 0.15) is 45.9 Å². The molecule has 146 valence electrons. The second kappa shape index (κ2) is 7.61.